The van der Waals surface area contributed by atoms with Crippen molar-refractivity contribution >= 4 is 24.1 Å². The Balaban J connectivity index is 0.00000240. The quantitative estimate of drug-likeness (QED) is 0.651. The number of aromatic amines is 1. The Morgan fingerprint density at radius 1 is 1.31 bits per heavy atom. The fourth-order valence-corrected chi connectivity index (χ4v) is 3.25. The molecule has 10 heteroatoms. The second-order valence-corrected chi connectivity index (χ2v) is 6.70. The van der Waals surface area contributed by atoms with Crippen molar-refractivity contribution in [2.45, 2.75) is 32.7 Å². The molecule has 0 spiro atoms. The van der Waals surface area contributed by atoms with E-state index in [9.17, 15) is 9.59 Å². The van der Waals surface area contributed by atoms with E-state index in [2.05, 4.69) is 20.4 Å². The van der Waals surface area contributed by atoms with Crippen LogP contribution in [0.4, 0.5) is 0 Å². The van der Waals surface area contributed by atoms with E-state index in [1.165, 1.54) is 10.8 Å². The summed E-state index contributed by atoms with van der Waals surface area (Å²) >= 11 is 0. The first-order valence-corrected chi connectivity index (χ1v) is 9.13. The minimum absolute atomic E-state index is 0. The van der Waals surface area contributed by atoms with Crippen LogP contribution in [0.2, 0.25) is 0 Å². The number of aryl methyl sites for hydroxylation is 1. The number of carbonyl (C=O) groups excluding carboxylic acids is 1. The molecule has 1 aliphatic rings. The highest BCUT2D eigenvalue weighted by molar-refractivity contribution is 5.85. The third-order valence-electron chi connectivity index (χ3n) is 4.78. The Morgan fingerprint density at radius 3 is 2.86 bits per heavy atom. The van der Waals surface area contributed by atoms with Crippen molar-refractivity contribution in [2.75, 3.05) is 13.2 Å². The van der Waals surface area contributed by atoms with Crippen molar-refractivity contribution in [1.29, 1.82) is 0 Å². The normalized spacial score (nSPS) is 13.6. The van der Waals surface area contributed by atoms with Gasteiger partial charge in [-0.1, -0.05) is 6.07 Å². The molecule has 1 aromatic carbocycles. The van der Waals surface area contributed by atoms with E-state index < -0.39 is 0 Å². The number of fused-ring (bicyclic) bond motifs is 2. The first kappa shape index (κ1) is 20.7. The molecule has 3 heterocycles. The topological polar surface area (TPSA) is 111 Å². The number of hydrogen-bond acceptors (Lipinski definition) is 6. The van der Waals surface area contributed by atoms with Gasteiger partial charge in [0.15, 0.2) is 11.5 Å². The molecule has 1 aliphatic heterocycles. The van der Waals surface area contributed by atoms with Crippen LogP contribution in [0.25, 0.3) is 5.78 Å². The molecule has 0 fully saturated rings. The van der Waals surface area contributed by atoms with Gasteiger partial charge in [-0.15, -0.1) is 12.4 Å². The van der Waals surface area contributed by atoms with Gasteiger partial charge in [-0.25, -0.2) is 9.97 Å². The lowest BCUT2D eigenvalue weighted by Gasteiger charge is -2.21. The predicted molar refractivity (Wildman–Crippen MR) is 108 cm³/mol. The number of benzene rings is 1. The van der Waals surface area contributed by atoms with Gasteiger partial charge in [0.2, 0.25) is 5.91 Å². The summed E-state index contributed by atoms with van der Waals surface area (Å²) in [6, 6.07) is 5.44. The molecule has 1 atom stereocenters. The number of ether oxygens (including phenoxy) is 2. The summed E-state index contributed by atoms with van der Waals surface area (Å²) in [4.78, 5) is 33.2. The predicted octanol–water partition coefficient (Wildman–Crippen LogP) is 1.73. The van der Waals surface area contributed by atoms with Crippen LogP contribution < -0.4 is 20.3 Å². The average molecular weight is 420 g/mol. The number of nitrogens with one attached hydrogen (secondary N) is 2. The molecule has 1 unspecified atom stereocenters. The minimum atomic E-state index is -0.229. The number of aromatic nitrogens is 4. The lowest BCUT2D eigenvalue weighted by atomic mass is 10.1. The zero-order valence-electron chi connectivity index (χ0n) is 16.1. The zero-order valence-corrected chi connectivity index (χ0v) is 16.9. The van der Waals surface area contributed by atoms with Crippen molar-refractivity contribution < 1.29 is 14.3 Å². The van der Waals surface area contributed by atoms with Crippen LogP contribution in [0.5, 0.6) is 11.5 Å². The van der Waals surface area contributed by atoms with Gasteiger partial charge < -0.3 is 14.8 Å². The summed E-state index contributed by atoms with van der Waals surface area (Å²) < 4.78 is 12.4. The molecule has 0 saturated heterocycles. The van der Waals surface area contributed by atoms with Crippen molar-refractivity contribution in [3.05, 3.63) is 51.7 Å². The van der Waals surface area contributed by atoms with Gasteiger partial charge in [-0.3, -0.25) is 14.7 Å². The first-order valence-electron chi connectivity index (χ1n) is 9.13. The third-order valence-corrected chi connectivity index (χ3v) is 4.78. The van der Waals surface area contributed by atoms with Crippen LogP contribution in [-0.4, -0.2) is 38.7 Å². The van der Waals surface area contributed by atoms with Gasteiger partial charge in [-0.2, -0.15) is 4.52 Å². The van der Waals surface area contributed by atoms with Crippen molar-refractivity contribution in [3.63, 3.8) is 0 Å². The average Bonchev–Trinajstić information content (AvgIpc) is 3.16. The van der Waals surface area contributed by atoms with Crippen molar-refractivity contribution in [1.82, 2.24) is 24.9 Å². The van der Waals surface area contributed by atoms with E-state index in [4.69, 9.17) is 9.47 Å². The van der Waals surface area contributed by atoms with Crippen LogP contribution >= 0.6 is 12.4 Å². The van der Waals surface area contributed by atoms with Crippen LogP contribution in [0, 0.1) is 6.92 Å². The lowest BCUT2D eigenvalue weighted by molar-refractivity contribution is -0.121. The van der Waals surface area contributed by atoms with Crippen LogP contribution in [0.1, 0.15) is 36.2 Å². The molecule has 9 nitrogen and oxygen atoms in total. The van der Waals surface area contributed by atoms with Crippen LogP contribution in [-0.2, 0) is 11.2 Å². The maximum Gasteiger partial charge on any atom is 0.277 e. The molecule has 1 amide bonds. The summed E-state index contributed by atoms with van der Waals surface area (Å²) in [6.07, 6.45) is 1.90. The molecular formula is C19H22ClN5O4. The highest BCUT2D eigenvalue weighted by Crippen LogP contribution is 2.32. The molecule has 0 radical (unpaired) electrons. The second-order valence-electron chi connectivity index (χ2n) is 6.70. The number of H-pyrrole nitrogens is 1. The minimum Gasteiger partial charge on any atom is -0.486 e. The van der Waals surface area contributed by atoms with E-state index in [-0.39, 0.29) is 36.3 Å². The number of hydrogen-bond donors (Lipinski definition) is 2. The molecule has 3 aromatic rings. The zero-order chi connectivity index (χ0) is 19.7. The lowest BCUT2D eigenvalue weighted by Crippen LogP contribution is -2.28. The Bertz CT molecular complexity index is 1090. The highest BCUT2D eigenvalue weighted by Gasteiger charge is 2.17. The Morgan fingerprint density at radius 2 is 2.07 bits per heavy atom. The molecular weight excluding hydrogens is 398 g/mol. The first-order chi connectivity index (χ1) is 13.5. The fourth-order valence-electron chi connectivity index (χ4n) is 3.25. The number of amides is 1. The van der Waals surface area contributed by atoms with Gasteiger partial charge in [-0.05, 0) is 38.0 Å². The second kappa shape index (κ2) is 8.52. The standard InChI is InChI=1S/C19H21N5O4.ClH/c1-11(13-3-5-15-16(9-13)28-8-7-27-15)22-17(25)6-4-14-12(2)23-19-20-10-21-24(19)18(14)26;/h3,5,9-11H,4,6-8H2,1-2H3,(H,22,25)(H,20,21,23);1H. The highest BCUT2D eigenvalue weighted by atomic mass is 35.5. The van der Waals surface area contributed by atoms with E-state index >= 15 is 0 Å². The smallest absolute Gasteiger partial charge is 0.277 e. The Kier molecular flexibility index (Phi) is 6.07. The SMILES string of the molecule is Cc1nc2nc[nH]n2c(=O)c1CCC(=O)NC(C)c1ccc2c(c1)OCCO2.Cl. The molecule has 2 aromatic heterocycles. The molecule has 29 heavy (non-hydrogen) atoms. The van der Waals surface area contributed by atoms with E-state index in [0.29, 0.717) is 48.2 Å². The number of rotatable bonds is 5. The number of nitrogens with zero attached hydrogens (tertiary/aromatic N) is 3. The number of halogens is 1. The Hall–Kier alpha value is -3.07. The maximum absolute atomic E-state index is 12.5. The van der Waals surface area contributed by atoms with Gasteiger partial charge >= 0.3 is 0 Å². The summed E-state index contributed by atoms with van der Waals surface area (Å²) in [5, 5.41) is 5.69. The molecule has 0 aliphatic carbocycles. The summed E-state index contributed by atoms with van der Waals surface area (Å²) in [5.41, 5.74) is 1.79. The molecule has 0 saturated carbocycles. The molecule has 2 N–H and O–H groups in total. The Labute approximate surface area is 172 Å². The fraction of sp³-hybridized carbons (Fsp3) is 0.368. The van der Waals surface area contributed by atoms with Gasteiger partial charge in [0.05, 0.1) is 11.7 Å². The molecule has 4 rings (SSSR count). The van der Waals surface area contributed by atoms with E-state index in [1.807, 2.05) is 25.1 Å². The summed E-state index contributed by atoms with van der Waals surface area (Å²) in [5.74, 6) is 1.58. The molecule has 154 valence electrons. The van der Waals surface area contributed by atoms with Crippen molar-refractivity contribution in [3.8, 4) is 11.5 Å². The largest absolute Gasteiger partial charge is 0.486 e. The monoisotopic (exact) mass is 419 g/mol. The van der Waals surface area contributed by atoms with Crippen molar-refractivity contribution in [2.24, 2.45) is 0 Å². The summed E-state index contributed by atoms with van der Waals surface area (Å²) in [6.45, 7) is 4.71. The van der Waals surface area contributed by atoms with Crippen LogP contribution in [0.3, 0.4) is 0 Å². The van der Waals surface area contributed by atoms with E-state index in [0.717, 1.165) is 5.56 Å². The van der Waals surface area contributed by atoms with Gasteiger partial charge in [0, 0.05) is 12.0 Å². The van der Waals surface area contributed by atoms with Gasteiger partial charge in [0.25, 0.3) is 11.3 Å². The summed E-state index contributed by atoms with van der Waals surface area (Å²) in [7, 11) is 0. The number of carbonyl (C=O) groups is 1. The van der Waals surface area contributed by atoms with Gasteiger partial charge in [0.1, 0.15) is 19.5 Å². The maximum atomic E-state index is 12.5. The third kappa shape index (κ3) is 4.19. The van der Waals surface area contributed by atoms with E-state index in [1.54, 1.807) is 6.92 Å². The molecule has 0 bridgehead atoms. The van der Waals surface area contributed by atoms with Crippen LogP contribution in [0.15, 0.2) is 29.3 Å².